The molecule has 6 nitrogen and oxygen atoms in total. The maximum absolute atomic E-state index is 12.8. The van der Waals surface area contributed by atoms with E-state index in [0.29, 0.717) is 19.5 Å². The molecule has 0 atom stereocenters. The van der Waals surface area contributed by atoms with Gasteiger partial charge in [0.1, 0.15) is 17.5 Å². The molecule has 0 saturated carbocycles. The van der Waals surface area contributed by atoms with Gasteiger partial charge in [0.2, 0.25) is 0 Å². The van der Waals surface area contributed by atoms with Crippen LogP contribution in [0.5, 0.6) is 0 Å². The summed E-state index contributed by atoms with van der Waals surface area (Å²) in [5, 5.41) is 14.8. The van der Waals surface area contributed by atoms with Crippen LogP contribution in [0.3, 0.4) is 0 Å². The Morgan fingerprint density at radius 3 is 2.68 bits per heavy atom. The first-order chi connectivity index (χ1) is 12.2. The fourth-order valence-electron chi connectivity index (χ4n) is 2.44. The van der Waals surface area contributed by atoms with Crippen LogP contribution in [0.2, 0.25) is 0 Å². The Morgan fingerprint density at radius 1 is 1.28 bits per heavy atom. The van der Waals surface area contributed by atoms with Crippen LogP contribution < -0.4 is 10.6 Å². The van der Waals surface area contributed by atoms with Crippen molar-refractivity contribution in [3.8, 4) is 6.07 Å². The van der Waals surface area contributed by atoms with Crippen molar-refractivity contribution in [3.05, 3.63) is 47.4 Å². The van der Waals surface area contributed by atoms with Crippen molar-refractivity contribution in [2.24, 2.45) is 0 Å². The largest absolute Gasteiger partial charge is 0.389 e. The molecule has 0 unspecified atom stereocenters. The predicted octanol–water partition coefficient (Wildman–Crippen LogP) is 0.814. The average Bonchev–Trinajstić information content (AvgIpc) is 2.64. The number of nitriles is 1. The number of amides is 1. The lowest BCUT2D eigenvalue weighted by molar-refractivity contribution is -0.117. The Kier molecular flexibility index (Phi) is 7.89. The van der Waals surface area contributed by atoms with Crippen LogP contribution in [-0.2, 0) is 16.0 Å². The van der Waals surface area contributed by atoms with E-state index in [1.807, 2.05) is 6.07 Å². The lowest BCUT2D eigenvalue weighted by Gasteiger charge is -2.26. The highest BCUT2D eigenvalue weighted by molar-refractivity contribution is 5.97. The molecule has 7 heteroatoms. The van der Waals surface area contributed by atoms with Gasteiger partial charge in [0.15, 0.2) is 0 Å². The molecule has 0 aliphatic carbocycles. The summed E-state index contributed by atoms with van der Waals surface area (Å²) in [6, 6.07) is 8.15. The van der Waals surface area contributed by atoms with Crippen molar-refractivity contribution >= 4 is 5.91 Å². The summed E-state index contributed by atoms with van der Waals surface area (Å²) in [5.74, 6) is -0.651. The molecule has 1 aromatic rings. The van der Waals surface area contributed by atoms with Gasteiger partial charge in [0.25, 0.3) is 5.91 Å². The highest BCUT2D eigenvalue weighted by atomic mass is 19.1. The van der Waals surface area contributed by atoms with Gasteiger partial charge in [0.05, 0.1) is 13.2 Å². The molecule has 25 heavy (non-hydrogen) atoms. The maximum atomic E-state index is 12.8. The summed E-state index contributed by atoms with van der Waals surface area (Å²) >= 11 is 0. The van der Waals surface area contributed by atoms with Crippen LogP contribution in [0.15, 0.2) is 36.0 Å². The molecule has 2 N–H and O–H groups in total. The minimum absolute atomic E-state index is 0.0427. The zero-order valence-electron chi connectivity index (χ0n) is 14.1. The molecule has 1 saturated heterocycles. The quantitative estimate of drug-likeness (QED) is 0.414. The van der Waals surface area contributed by atoms with Crippen molar-refractivity contribution in [1.82, 2.24) is 15.5 Å². The van der Waals surface area contributed by atoms with E-state index in [4.69, 9.17) is 10.00 Å². The van der Waals surface area contributed by atoms with Gasteiger partial charge in [-0.2, -0.15) is 5.26 Å². The molecule has 0 spiro atoms. The van der Waals surface area contributed by atoms with Crippen LogP contribution in [0.4, 0.5) is 4.39 Å². The van der Waals surface area contributed by atoms with Gasteiger partial charge in [-0.1, -0.05) is 12.1 Å². The number of nitrogens with zero attached hydrogens (tertiary/aromatic N) is 2. The molecular formula is C18H23FN4O2. The zero-order valence-corrected chi connectivity index (χ0v) is 14.1. The van der Waals surface area contributed by atoms with E-state index in [1.165, 1.54) is 18.3 Å². The lowest BCUT2D eigenvalue weighted by atomic mass is 10.1. The molecule has 1 heterocycles. The second-order valence-electron chi connectivity index (χ2n) is 5.71. The lowest BCUT2D eigenvalue weighted by Crippen LogP contribution is -2.41. The molecule has 1 aliphatic rings. The monoisotopic (exact) mass is 346 g/mol. The van der Waals surface area contributed by atoms with Crippen molar-refractivity contribution in [3.63, 3.8) is 0 Å². The van der Waals surface area contributed by atoms with Crippen molar-refractivity contribution in [2.75, 3.05) is 45.9 Å². The van der Waals surface area contributed by atoms with Gasteiger partial charge in [-0.15, -0.1) is 0 Å². The van der Waals surface area contributed by atoms with E-state index < -0.39 is 0 Å². The van der Waals surface area contributed by atoms with Crippen LogP contribution in [0.1, 0.15) is 5.56 Å². The van der Waals surface area contributed by atoms with Gasteiger partial charge in [-0.25, -0.2) is 4.39 Å². The summed E-state index contributed by atoms with van der Waals surface area (Å²) in [7, 11) is 0. The maximum Gasteiger partial charge on any atom is 0.263 e. The first kappa shape index (κ1) is 18.9. The van der Waals surface area contributed by atoms with E-state index in [9.17, 15) is 9.18 Å². The van der Waals surface area contributed by atoms with E-state index >= 15 is 0 Å². The number of benzene rings is 1. The fourth-order valence-corrected chi connectivity index (χ4v) is 2.44. The summed E-state index contributed by atoms with van der Waals surface area (Å²) in [5.41, 5.74) is 1.02. The normalized spacial score (nSPS) is 15.4. The second-order valence-corrected chi connectivity index (χ2v) is 5.71. The van der Waals surface area contributed by atoms with Gasteiger partial charge >= 0.3 is 0 Å². The van der Waals surface area contributed by atoms with Gasteiger partial charge in [0, 0.05) is 38.9 Å². The number of morpholine rings is 1. The summed E-state index contributed by atoms with van der Waals surface area (Å²) in [6.45, 7) is 4.95. The minimum atomic E-state index is -0.384. The van der Waals surface area contributed by atoms with Crippen LogP contribution in [-0.4, -0.2) is 56.7 Å². The number of carbonyl (C=O) groups excluding carboxylic acids is 1. The van der Waals surface area contributed by atoms with E-state index in [-0.39, 0.29) is 17.3 Å². The number of ether oxygens (including phenoxy) is 1. The molecule has 0 bridgehead atoms. The fraction of sp³-hybridized carbons (Fsp3) is 0.444. The van der Waals surface area contributed by atoms with Crippen LogP contribution in [0.25, 0.3) is 0 Å². The van der Waals surface area contributed by atoms with Crippen molar-refractivity contribution in [2.45, 2.75) is 6.42 Å². The average molecular weight is 346 g/mol. The first-order valence-electron chi connectivity index (χ1n) is 8.35. The number of hydrogen-bond donors (Lipinski definition) is 2. The number of rotatable bonds is 8. The molecule has 1 fully saturated rings. The van der Waals surface area contributed by atoms with E-state index in [1.54, 1.807) is 12.1 Å². The SMILES string of the molecule is N#C/C(=C/NCCc1ccc(F)cc1)C(=O)NCCN1CCOCC1. The zero-order chi connectivity index (χ0) is 17.9. The van der Waals surface area contributed by atoms with Crippen LogP contribution in [0, 0.1) is 17.1 Å². The molecule has 0 radical (unpaired) electrons. The van der Waals surface area contributed by atoms with Crippen molar-refractivity contribution < 1.29 is 13.9 Å². The third-order valence-corrected chi connectivity index (χ3v) is 3.90. The first-order valence-corrected chi connectivity index (χ1v) is 8.35. The van der Waals surface area contributed by atoms with Gasteiger partial charge in [-0.05, 0) is 24.1 Å². The Labute approximate surface area is 147 Å². The predicted molar refractivity (Wildman–Crippen MR) is 92.1 cm³/mol. The highest BCUT2D eigenvalue weighted by Crippen LogP contribution is 2.03. The molecule has 1 amide bonds. The molecule has 134 valence electrons. The molecule has 0 aromatic heterocycles. The molecular weight excluding hydrogens is 323 g/mol. The van der Waals surface area contributed by atoms with Crippen LogP contribution >= 0.6 is 0 Å². The Morgan fingerprint density at radius 2 is 2.00 bits per heavy atom. The Hall–Kier alpha value is -2.43. The van der Waals surface area contributed by atoms with Gasteiger partial charge < -0.3 is 15.4 Å². The number of nitrogens with one attached hydrogen (secondary N) is 2. The standard InChI is InChI=1S/C18H23FN4O2/c19-17-3-1-15(2-4-17)5-6-21-14-16(13-20)18(24)22-7-8-23-9-11-25-12-10-23/h1-4,14,21H,5-12H2,(H,22,24)/b16-14-. The van der Waals surface area contributed by atoms with Gasteiger partial charge in [-0.3, -0.25) is 9.69 Å². The van der Waals surface area contributed by atoms with E-state index in [0.717, 1.165) is 38.4 Å². The summed E-state index contributed by atoms with van der Waals surface area (Å²) < 4.78 is 18.1. The molecule has 2 rings (SSSR count). The second kappa shape index (κ2) is 10.4. The molecule has 1 aromatic carbocycles. The number of halogens is 1. The topological polar surface area (TPSA) is 77.4 Å². The Balaban J connectivity index is 1.68. The Bertz CT molecular complexity index is 619. The summed E-state index contributed by atoms with van der Waals surface area (Å²) in [6.07, 6.45) is 2.10. The smallest absolute Gasteiger partial charge is 0.263 e. The highest BCUT2D eigenvalue weighted by Gasteiger charge is 2.12. The third-order valence-electron chi connectivity index (χ3n) is 3.90. The molecule has 1 aliphatic heterocycles. The third kappa shape index (κ3) is 6.91. The minimum Gasteiger partial charge on any atom is -0.389 e. The number of hydrogen-bond acceptors (Lipinski definition) is 5. The van der Waals surface area contributed by atoms with E-state index in [2.05, 4.69) is 15.5 Å². The number of carbonyl (C=O) groups is 1. The summed E-state index contributed by atoms with van der Waals surface area (Å²) in [4.78, 5) is 14.2. The van der Waals surface area contributed by atoms with Crippen molar-refractivity contribution in [1.29, 1.82) is 5.26 Å².